The topological polar surface area (TPSA) is 52.7 Å². The van der Waals surface area contributed by atoms with Gasteiger partial charge in [-0.3, -0.25) is 4.72 Å². The van der Waals surface area contributed by atoms with Gasteiger partial charge in [-0.05, 0) is 73.7 Å². The summed E-state index contributed by atoms with van der Waals surface area (Å²) in [5.41, 5.74) is 5.60. The number of rotatable bonds is 7. The molecule has 0 aliphatic rings. The molecular formula is C27H27N3O2S. The minimum Gasteiger partial charge on any atom is -0.345 e. The van der Waals surface area contributed by atoms with Crippen LogP contribution in [0.25, 0.3) is 0 Å². The first-order chi connectivity index (χ1) is 15.8. The molecule has 0 radical (unpaired) electrons. The molecule has 0 amide bonds. The lowest BCUT2D eigenvalue weighted by Gasteiger charge is -2.23. The molecule has 4 rings (SSSR count). The summed E-state index contributed by atoms with van der Waals surface area (Å²) < 4.78 is 28.2. The Bertz CT molecular complexity index is 1320. The standard InChI is InChI=1S/C27H27N3O2S/c1-21-12-18-27(19-13-21)33(31,32)28-22-8-7-11-26(20-22)30(3)25-16-14-24(15-17-25)29(2)23-9-5-4-6-10-23/h4-20,28H,1-3H3. The minimum absolute atomic E-state index is 0.241. The number of sulfonamides is 1. The fraction of sp³-hybridized carbons (Fsp3) is 0.111. The molecule has 1 N–H and O–H groups in total. The highest BCUT2D eigenvalue weighted by atomic mass is 32.2. The van der Waals surface area contributed by atoms with Crippen molar-refractivity contribution in [3.05, 3.63) is 109 Å². The maximum Gasteiger partial charge on any atom is 0.261 e. The van der Waals surface area contributed by atoms with Crippen molar-refractivity contribution in [1.82, 2.24) is 0 Å². The van der Waals surface area contributed by atoms with Crippen LogP contribution in [0.1, 0.15) is 5.56 Å². The van der Waals surface area contributed by atoms with E-state index in [-0.39, 0.29) is 4.90 Å². The number of aryl methyl sites for hydroxylation is 1. The van der Waals surface area contributed by atoms with Crippen LogP contribution in [-0.2, 0) is 10.0 Å². The smallest absolute Gasteiger partial charge is 0.261 e. The summed E-state index contributed by atoms with van der Waals surface area (Å²) in [6.45, 7) is 1.93. The number of hydrogen-bond acceptors (Lipinski definition) is 4. The summed E-state index contributed by atoms with van der Waals surface area (Å²) in [4.78, 5) is 4.39. The average molecular weight is 458 g/mol. The van der Waals surface area contributed by atoms with Gasteiger partial charge in [0.2, 0.25) is 0 Å². The van der Waals surface area contributed by atoms with E-state index in [9.17, 15) is 8.42 Å². The quantitative estimate of drug-likeness (QED) is 0.352. The maximum absolute atomic E-state index is 12.8. The van der Waals surface area contributed by atoms with Crippen molar-refractivity contribution in [2.24, 2.45) is 0 Å². The molecule has 33 heavy (non-hydrogen) atoms. The SMILES string of the molecule is Cc1ccc(S(=O)(=O)Nc2cccc(N(C)c3ccc(N(C)c4ccccc4)cc3)c2)cc1. The van der Waals surface area contributed by atoms with Crippen molar-refractivity contribution >= 4 is 38.5 Å². The molecule has 0 fully saturated rings. The molecule has 6 heteroatoms. The molecule has 0 saturated carbocycles. The molecule has 0 bridgehead atoms. The predicted molar refractivity (Wildman–Crippen MR) is 137 cm³/mol. The van der Waals surface area contributed by atoms with E-state index < -0.39 is 10.0 Å². The molecule has 5 nitrogen and oxygen atoms in total. The van der Waals surface area contributed by atoms with Crippen LogP contribution in [0.15, 0.2) is 108 Å². The molecule has 0 aromatic heterocycles. The summed E-state index contributed by atoms with van der Waals surface area (Å²) in [5, 5.41) is 0. The normalized spacial score (nSPS) is 11.1. The Balaban J connectivity index is 1.51. The first kappa shape index (κ1) is 22.4. The Morgan fingerprint density at radius 2 is 1.12 bits per heavy atom. The van der Waals surface area contributed by atoms with Crippen molar-refractivity contribution < 1.29 is 8.42 Å². The third-order valence-corrected chi connectivity index (χ3v) is 6.98. The van der Waals surface area contributed by atoms with Crippen LogP contribution in [0, 0.1) is 6.92 Å². The lowest BCUT2D eigenvalue weighted by Crippen LogP contribution is -2.14. The van der Waals surface area contributed by atoms with Crippen LogP contribution < -0.4 is 14.5 Å². The highest BCUT2D eigenvalue weighted by molar-refractivity contribution is 7.92. The molecule has 0 aliphatic carbocycles. The lowest BCUT2D eigenvalue weighted by atomic mass is 10.2. The number of hydrogen-bond donors (Lipinski definition) is 1. The fourth-order valence-electron chi connectivity index (χ4n) is 3.56. The first-order valence-electron chi connectivity index (χ1n) is 10.7. The number of benzene rings is 4. The Kier molecular flexibility index (Phi) is 6.38. The number of nitrogens with one attached hydrogen (secondary N) is 1. The molecule has 4 aromatic carbocycles. The predicted octanol–water partition coefficient (Wildman–Crippen LogP) is 6.33. The zero-order valence-electron chi connectivity index (χ0n) is 18.9. The maximum atomic E-state index is 12.8. The zero-order chi connectivity index (χ0) is 23.4. The molecule has 0 atom stereocenters. The molecule has 0 saturated heterocycles. The van der Waals surface area contributed by atoms with Gasteiger partial charge >= 0.3 is 0 Å². The van der Waals surface area contributed by atoms with Crippen LogP contribution >= 0.6 is 0 Å². The lowest BCUT2D eigenvalue weighted by molar-refractivity contribution is 0.601. The molecule has 0 spiro atoms. The summed E-state index contributed by atoms with van der Waals surface area (Å²) in [5.74, 6) is 0. The molecule has 0 aliphatic heterocycles. The Labute approximate surface area is 196 Å². The van der Waals surface area contributed by atoms with Gasteiger partial charge in [-0.1, -0.05) is 42.0 Å². The third kappa shape index (κ3) is 5.18. The van der Waals surface area contributed by atoms with Gasteiger partial charge in [0.1, 0.15) is 0 Å². The molecule has 168 valence electrons. The van der Waals surface area contributed by atoms with Crippen molar-refractivity contribution in [2.45, 2.75) is 11.8 Å². The summed E-state index contributed by atoms with van der Waals surface area (Å²) in [7, 11) is 0.348. The van der Waals surface area contributed by atoms with E-state index in [2.05, 4.69) is 46.0 Å². The summed E-state index contributed by atoms with van der Waals surface area (Å²) in [6.07, 6.45) is 0. The van der Waals surface area contributed by atoms with Gasteiger partial charge in [0.25, 0.3) is 10.0 Å². The van der Waals surface area contributed by atoms with Gasteiger partial charge in [-0.2, -0.15) is 0 Å². The molecule has 0 unspecified atom stereocenters. The van der Waals surface area contributed by atoms with E-state index in [0.717, 1.165) is 28.3 Å². The van der Waals surface area contributed by atoms with E-state index in [1.54, 1.807) is 30.3 Å². The second-order valence-corrected chi connectivity index (χ2v) is 9.62. The summed E-state index contributed by atoms with van der Waals surface area (Å²) >= 11 is 0. The van der Waals surface area contributed by atoms with Gasteiger partial charge < -0.3 is 9.80 Å². The Hall–Kier alpha value is -3.77. The average Bonchev–Trinajstić information content (AvgIpc) is 2.84. The number of para-hydroxylation sites is 1. The van der Waals surface area contributed by atoms with E-state index in [4.69, 9.17) is 0 Å². The van der Waals surface area contributed by atoms with Crippen LogP contribution in [0.5, 0.6) is 0 Å². The third-order valence-electron chi connectivity index (χ3n) is 5.58. The highest BCUT2D eigenvalue weighted by Gasteiger charge is 2.15. The Morgan fingerprint density at radius 3 is 1.73 bits per heavy atom. The van der Waals surface area contributed by atoms with Crippen molar-refractivity contribution in [3.63, 3.8) is 0 Å². The second-order valence-electron chi connectivity index (χ2n) is 7.94. The van der Waals surface area contributed by atoms with Crippen LogP contribution in [0.4, 0.5) is 28.4 Å². The van der Waals surface area contributed by atoms with E-state index in [1.807, 2.05) is 62.3 Å². The monoisotopic (exact) mass is 457 g/mol. The van der Waals surface area contributed by atoms with Crippen molar-refractivity contribution in [2.75, 3.05) is 28.6 Å². The first-order valence-corrected chi connectivity index (χ1v) is 12.1. The number of anilines is 5. The zero-order valence-corrected chi connectivity index (χ0v) is 19.8. The minimum atomic E-state index is -3.65. The largest absolute Gasteiger partial charge is 0.345 e. The van der Waals surface area contributed by atoms with E-state index in [1.165, 1.54) is 0 Å². The second kappa shape index (κ2) is 9.38. The molecule has 4 aromatic rings. The summed E-state index contributed by atoms with van der Waals surface area (Å²) in [6, 6.07) is 32.6. The number of nitrogens with zero attached hydrogens (tertiary/aromatic N) is 2. The van der Waals surface area contributed by atoms with E-state index in [0.29, 0.717) is 5.69 Å². The van der Waals surface area contributed by atoms with E-state index >= 15 is 0 Å². The van der Waals surface area contributed by atoms with Gasteiger partial charge in [-0.15, -0.1) is 0 Å². The van der Waals surface area contributed by atoms with Gasteiger partial charge in [-0.25, -0.2) is 8.42 Å². The van der Waals surface area contributed by atoms with Crippen LogP contribution in [0.2, 0.25) is 0 Å². The van der Waals surface area contributed by atoms with Crippen molar-refractivity contribution in [3.8, 4) is 0 Å². The molecular weight excluding hydrogens is 430 g/mol. The molecule has 0 heterocycles. The van der Waals surface area contributed by atoms with Gasteiger partial charge in [0.15, 0.2) is 0 Å². The van der Waals surface area contributed by atoms with Gasteiger partial charge in [0, 0.05) is 36.8 Å². The van der Waals surface area contributed by atoms with Crippen molar-refractivity contribution in [1.29, 1.82) is 0 Å². The van der Waals surface area contributed by atoms with Crippen LogP contribution in [0.3, 0.4) is 0 Å². The highest BCUT2D eigenvalue weighted by Crippen LogP contribution is 2.30. The van der Waals surface area contributed by atoms with Crippen LogP contribution in [-0.4, -0.2) is 22.5 Å². The van der Waals surface area contributed by atoms with Gasteiger partial charge in [0.05, 0.1) is 10.6 Å². The fourth-order valence-corrected chi connectivity index (χ4v) is 4.61. The Morgan fingerprint density at radius 1 is 0.606 bits per heavy atom.